The number of aliphatic hydroxyl groups is 1. The van der Waals surface area contributed by atoms with Crippen LogP contribution < -0.4 is 16.0 Å². The lowest BCUT2D eigenvalue weighted by Crippen LogP contribution is -2.52. The fourth-order valence-corrected chi connectivity index (χ4v) is 3.74. The predicted molar refractivity (Wildman–Crippen MR) is 77.8 cm³/mol. The van der Waals surface area contributed by atoms with Crippen LogP contribution in [0.3, 0.4) is 0 Å². The maximum atomic E-state index is 12.4. The average Bonchev–Trinajstić information content (AvgIpc) is 2.34. The van der Waals surface area contributed by atoms with E-state index in [1.807, 2.05) is 19.9 Å². The van der Waals surface area contributed by atoms with Gasteiger partial charge < -0.3 is 9.84 Å². The summed E-state index contributed by atoms with van der Waals surface area (Å²) in [4.78, 5) is 40.4. The molecule has 23 heavy (non-hydrogen) atoms. The third-order valence-electron chi connectivity index (χ3n) is 4.31. The minimum atomic E-state index is -1.34. The van der Waals surface area contributed by atoms with Crippen LogP contribution in [0.1, 0.15) is 32.3 Å². The topological polar surface area (TPSA) is 136 Å². The molecule has 3 rings (SSSR count). The summed E-state index contributed by atoms with van der Waals surface area (Å²) >= 11 is 0. The lowest BCUT2D eigenvalue weighted by molar-refractivity contribution is -0.141. The second-order valence-electron chi connectivity index (χ2n) is 6.79. The van der Waals surface area contributed by atoms with E-state index in [1.165, 1.54) is 6.08 Å². The van der Waals surface area contributed by atoms with E-state index in [1.54, 1.807) is 0 Å². The van der Waals surface area contributed by atoms with Gasteiger partial charge in [-0.15, -0.1) is 0 Å². The molecule has 1 aliphatic heterocycles. The minimum Gasteiger partial charge on any atom is -0.513 e. The first-order chi connectivity index (χ1) is 10.7. The summed E-state index contributed by atoms with van der Waals surface area (Å²) in [5, 5.41) is 19.6. The van der Waals surface area contributed by atoms with Crippen molar-refractivity contribution >= 4 is 5.97 Å². The van der Waals surface area contributed by atoms with Crippen molar-refractivity contribution in [3.8, 4) is 11.9 Å². The van der Waals surface area contributed by atoms with Gasteiger partial charge in [0.1, 0.15) is 0 Å². The number of ether oxygens (including phenoxy) is 1. The Kier molecular flexibility index (Phi) is 3.01. The van der Waals surface area contributed by atoms with Crippen molar-refractivity contribution in [1.29, 1.82) is 5.26 Å². The van der Waals surface area contributed by atoms with Crippen LogP contribution in [0, 0.1) is 22.7 Å². The van der Waals surface area contributed by atoms with Crippen molar-refractivity contribution in [3.63, 3.8) is 0 Å². The van der Waals surface area contributed by atoms with Crippen molar-refractivity contribution < 1.29 is 14.6 Å². The Bertz CT molecular complexity index is 886. The van der Waals surface area contributed by atoms with Crippen LogP contribution in [0.4, 0.5) is 0 Å². The number of carbonyl (C=O) groups excluding carboxylic acids is 1. The number of nitriles is 1. The molecule has 0 bridgehead atoms. The quantitative estimate of drug-likeness (QED) is 0.600. The summed E-state index contributed by atoms with van der Waals surface area (Å²) < 4.78 is 4.98. The number of esters is 1. The number of H-pyrrole nitrogens is 2. The van der Waals surface area contributed by atoms with Crippen molar-refractivity contribution in [2.45, 2.75) is 32.1 Å². The standard InChI is InChI=1S/C15H15N3O5/c1-14(2)3-7(19)4-15(6-14)8(5-16)12(21)23-11-9(15)10(20)17-13(22)18-11/h4,8,19H,3,6H2,1-2H3,(H2,17,18,20,22). The van der Waals surface area contributed by atoms with Crippen LogP contribution in [-0.2, 0) is 10.2 Å². The smallest absolute Gasteiger partial charge is 0.331 e. The number of nitrogens with zero attached hydrogens (tertiary/aromatic N) is 1. The second-order valence-corrected chi connectivity index (χ2v) is 6.79. The minimum absolute atomic E-state index is 0.00671. The van der Waals surface area contributed by atoms with Crippen LogP contribution in [0.25, 0.3) is 0 Å². The van der Waals surface area contributed by atoms with Crippen molar-refractivity contribution in [1.82, 2.24) is 9.97 Å². The molecular formula is C15H15N3O5. The largest absolute Gasteiger partial charge is 0.513 e. The number of aromatic nitrogens is 2. The Labute approximate surface area is 130 Å². The third-order valence-corrected chi connectivity index (χ3v) is 4.31. The Hall–Kier alpha value is -2.82. The molecule has 8 nitrogen and oxygen atoms in total. The molecule has 1 aliphatic carbocycles. The number of allylic oxidation sites excluding steroid dienone is 2. The van der Waals surface area contributed by atoms with Gasteiger partial charge in [0.2, 0.25) is 5.88 Å². The van der Waals surface area contributed by atoms with Gasteiger partial charge in [0.25, 0.3) is 5.56 Å². The Morgan fingerprint density at radius 2 is 2.04 bits per heavy atom. The molecule has 0 radical (unpaired) electrons. The van der Waals surface area contributed by atoms with Gasteiger partial charge in [-0.3, -0.25) is 19.6 Å². The summed E-state index contributed by atoms with van der Waals surface area (Å²) in [6.07, 6.45) is 2.01. The zero-order chi connectivity index (χ0) is 17.0. The molecule has 2 aliphatic rings. The molecule has 0 amide bonds. The summed E-state index contributed by atoms with van der Waals surface area (Å²) in [6, 6.07) is 1.88. The van der Waals surface area contributed by atoms with Crippen molar-refractivity contribution in [2.75, 3.05) is 0 Å². The van der Waals surface area contributed by atoms with Gasteiger partial charge >= 0.3 is 11.7 Å². The van der Waals surface area contributed by atoms with Gasteiger partial charge in [-0.2, -0.15) is 5.26 Å². The Morgan fingerprint density at radius 3 is 2.65 bits per heavy atom. The highest BCUT2D eigenvalue weighted by atomic mass is 16.5. The highest BCUT2D eigenvalue weighted by Crippen LogP contribution is 2.52. The number of hydrogen-bond acceptors (Lipinski definition) is 6. The van der Waals surface area contributed by atoms with Crippen LogP contribution in [0.5, 0.6) is 5.88 Å². The monoisotopic (exact) mass is 317 g/mol. The molecule has 0 saturated carbocycles. The highest BCUT2D eigenvalue weighted by Gasteiger charge is 2.56. The zero-order valence-electron chi connectivity index (χ0n) is 12.6. The van der Waals surface area contributed by atoms with E-state index in [9.17, 15) is 24.8 Å². The lowest BCUT2D eigenvalue weighted by Gasteiger charge is -2.45. The summed E-state index contributed by atoms with van der Waals surface area (Å²) in [5.74, 6) is -2.42. The number of nitrogens with one attached hydrogen (secondary N) is 2. The summed E-state index contributed by atoms with van der Waals surface area (Å²) in [6.45, 7) is 3.73. The molecule has 2 unspecified atom stereocenters. The number of rotatable bonds is 0. The SMILES string of the molecule is CC1(C)CC(O)=CC2(C1)c1c([nH]c(=O)[nH]c1=O)OC(=O)C2C#N. The molecule has 8 heteroatoms. The number of hydrogen-bond donors (Lipinski definition) is 3. The number of carbonyl (C=O) groups is 1. The second kappa shape index (κ2) is 4.59. The average molecular weight is 317 g/mol. The third kappa shape index (κ3) is 2.16. The lowest BCUT2D eigenvalue weighted by atomic mass is 9.58. The predicted octanol–water partition coefficient (Wildman–Crippen LogP) is 0.622. The van der Waals surface area contributed by atoms with Gasteiger partial charge in [-0.1, -0.05) is 13.8 Å². The molecule has 2 atom stereocenters. The molecule has 3 N–H and O–H groups in total. The number of aromatic amines is 2. The van der Waals surface area contributed by atoms with E-state index in [2.05, 4.69) is 9.97 Å². The molecule has 1 spiro atoms. The molecule has 1 aromatic rings. The molecule has 2 heterocycles. The van der Waals surface area contributed by atoms with Gasteiger partial charge in [-0.25, -0.2) is 4.79 Å². The number of aliphatic hydroxyl groups excluding tert-OH is 1. The Balaban J connectivity index is 2.41. The van der Waals surface area contributed by atoms with Crippen molar-refractivity contribution in [2.24, 2.45) is 11.3 Å². The Morgan fingerprint density at radius 1 is 1.35 bits per heavy atom. The van der Waals surface area contributed by atoms with Crippen LogP contribution in [-0.4, -0.2) is 21.0 Å². The van der Waals surface area contributed by atoms with E-state index in [0.717, 1.165) is 0 Å². The van der Waals surface area contributed by atoms with Crippen LogP contribution in [0.15, 0.2) is 21.4 Å². The highest BCUT2D eigenvalue weighted by molar-refractivity contribution is 5.83. The van der Waals surface area contributed by atoms with Gasteiger partial charge in [-0.05, 0) is 17.9 Å². The molecule has 120 valence electrons. The van der Waals surface area contributed by atoms with E-state index < -0.39 is 34.0 Å². The van der Waals surface area contributed by atoms with E-state index >= 15 is 0 Å². The van der Waals surface area contributed by atoms with Gasteiger partial charge in [0.15, 0.2) is 5.92 Å². The van der Waals surface area contributed by atoms with Crippen molar-refractivity contribution in [3.05, 3.63) is 38.2 Å². The molecule has 1 aromatic heterocycles. The van der Waals surface area contributed by atoms with E-state index in [4.69, 9.17) is 4.74 Å². The fourth-order valence-electron chi connectivity index (χ4n) is 3.74. The molecule has 0 aromatic carbocycles. The molecule has 0 saturated heterocycles. The molecule has 0 fully saturated rings. The maximum absolute atomic E-state index is 12.4. The number of fused-ring (bicyclic) bond motifs is 2. The van der Waals surface area contributed by atoms with Crippen LogP contribution >= 0.6 is 0 Å². The zero-order valence-corrected chi connectivity index (χ0v) is 12.6. The normalized spacial score (nSPS) is 28.5. The van der Waals surface area contributed by atoms with Gasteiger partial charge in [0, 0.05) is 6.42 Å². The molecular weight excluding hydrogens is 302 g/mol. The summed E-state index contributed by atoms with van der Waals surface area (Å²) in [5.41, 5.74) is -3.36. The van der Waals surface area contributed by atoms with E-state index in [-0.39, 0.29) is 23.6 Å². The van der Waals surface area contributed by atoms with Gasteiger partial charge in [0.05, 0.1) is 22.8 Å². The van der Waals surface area contributed by atoms with Crippen LogP contribution in [0.2, 0.25) is 0 Å². The first kappa shape index (κ1) is 15.1. The fraction of sp³-hybridized carbons (Fsp3) is 0.467. The first-order valence-corrected chi connectivity index (χ1v) is 7.08. The maximum Gasteiger partial charge on any atom is 0.331 e. The first-order valence-electron chi connectivity index (χ1n) is 7.08. The van der Waals surface area contributed by atoms with E-state index in [0.29, 0.717) is 6.42 Å². The summed E-state index contributed by atoms with van der Waals surface area (Å²) in [7, 11) is 0.